The Morgan fingerprint density at radius 3 is 2.20 bits per heavy atom. The lowest BCUT2D eigenvalue weighted by atomic mass is 9.94. The van der Waals surface area contributed by atoms with Gasteiger partial charge in [-0.3, -0.25) is 9.59 Å². The van der Waals surface area contributed by atoms with Crippen LogP contribution >= 0.6 is 11.6 Å². The van der Waals surface area contributed by atoms with Crippen molar-refractivity contribution in [2.24, 2.45) is 5.92 Å². The van der Waals surface area contributed by atoms with Crippen LogP contribution in [-0.2, 0) is 19.1 Å². The van der Waals surface area contributed by atoms with Gasteiger partial charge in [-0.05, 0) is 37.1 Å². The molecule has 20 heavy (non-hydrogen) atoms. The molecule has 0 fully saturated rings. The predicted molar refractivity (Wildman–Crippen MR) is 77.2 cm³/mol. The van der Waals surface area contributed by atoms with Crippen LogP contribution in [0, 0.1) is 5.92 Å². The smallest absolute Gasteiger partial charge is 0.324 e. The normalized spacial score (nSPS) is 10.2. The van der Waals surface area contributed by atoms with E-state index < -0.39 is 17.9 Å². The van der Waals surface area contributed by atoms with Gasteiger partial charge in [-0.25, -0.2) is 0 Å². The summed E-state index contributed by atoms with van der Waals surface area (Å²) in [6, 6.07) is 6.77. The van der Waals surface area contributed by atoms with Gasteiger partial charge in [-0.1, -0.05) is 30.3 Å². The highest BCUT2D eigenvalue weighted by molar-refractivity contribution is 6.30. The number of esters is 2. The third-order valence-corrected chi connectivity index (χ3v) is 2.82. The summed E-state index contributed by atoms with van der Waals surface area (Å²) >= 11 is 5.90. The maximum Gasteiger partial charge on any atom is 0.324 e. The zero-order valence-corrected chi connectivity index (χ0v) is 12.3. The monoisotopic (exact) mass is 296 g/mol. The maximum atomic E-state index is 11.9. The van der Waals surface area contributed by atoms with E-state index in [0.29, 0.717) is 16.2 Å². The van der Waals surface area contributed by atoms with Crippen molar-refractivity contribution in [3.05, 3.63) is 41.4 Å². The van der Waals surface area contributed by atoms with Gasteiger partial charge in [0.15, 0.2) is 5.92 Å². The lowest BCUT2D eigenvalue weighted by Gasteiger charge is -2.17. The van der Waals surface area contributed by atoms with Crippen LogP contribution in [-0.4, -0.2) is 25.2 Å². The molecule has 0 bridgehead atoms. The molecule has 108 valence electrons. The van der Waals surface area contributed by atoms with Crippen LogP contribution in [0.25, 0.3) is 5.57 Å². The van der Waals surface area contributed by atoms with Gasteiger partial charge >= 0.3 is 11.9 Å². The highest BCUT2D eigenvalue weighted by Crippen LogP contribution is 2.26. The van der Waals surface area contributed by atoms with Gasteiger partial charge in [-0.15, -0.1) is 0 Å². The number of hydrogen-bond acceptors (Lipinski definition) is 4. The molecule has 0 spiro atoms. The Morgan fingerprint density at radius 2 is 1.75 bits per heavy atom. The van der Waals surface area contributed by atoms with Crippen molar-refractivity contribution < 1.29 is 19.1 Å². The molecular weight excluding hydrogens is 280 g/mol. The van der Waals surface area contributed by atoms with E-state index in [2.05, 4.69) is 6.58 Å². The zero-order valence-electron chi connectivity index (χ0n) is 11.5. The van der Waals surface area contributed by atoms with E-state index in [4.69, 9.17) is 21.1 Å². The summed E-state index contributed by atoms with van der Waals surface area (Å²) < 4.78 is 9.82. The number of benzene rings is 1. The van der Waals surface area contributed by atoms with Gasteiger partial charge in [0.25, 0.3) is 0 Å². The quantitative estimate of drug-likeness (QED) is 0.598. The number of halogens is 1. The van der Waals surface area contributed by atoms with E-state index in [1.807, 2.05) is 0 Å². The standard InChI is InChI=1S/C15H17ClO4/c1-4-19-14(17)13(15(18)20-5-2)10(3)11-7-6-8-12(16)9-11/h6-9,13H,3-5H2,1-2H3. The summed E-state index contributed by atoms with van der Waals surface area (Å²) in [6.45, 7) is 7.51. The molecule has 0 saturated carbocycles. The predicted octanol–water partition coefficient (Wildman–Crippen LogP) is 3.10. The fourth-order valence-corrected chi connectivity index (χ4v) is 1.88. The number of hydrogen-bond donors (Lipinski definition) is 0. The number of rotatable bonds is 6. The first-order valence-corrected chi connectivity index (χ1v) is 6.67. The van der Waals surface area contributed by atoms with Crippen LogP contribution in [0.4, 0.5) is 0 Å². The van der Waals surface area contributed by atoms with Crippen LogP contribution in [0.15, 0.2) is 30.8 Å². The molecule has 1 aromatic rings. The summed E-state index contributed by atoms with van der Waals surface area (Å²) in [7, 11) is 0. The van der Waals surface area contributed by atoms with E-state index in [1.54, 1.807) is 38.1 Å². The zero-order chi connectivity index (χ0) is 15.1. The molecule has 0 saturated heterocycles. The molecule has 1 aromatic carbocycles. The van der Waals surface area contributed by atoms with Crippen LogP contribution in [0.2, 0.25) is 5.02 Å². The molecule has 0 N–H and O–H groups in total. The lowest BCUT2D eigenvalue weighted by molar-refractivity contribution is -0.158. The highest BCUT2D eigenvalue weighted by atomic mass is 35.5. The third-order valence-electron chi connectivity index (χ3n) is 2.59. The van der Waals surface area contributed by atoms with Crippen molar-refractivity contribution in [1.29, 1.82) is 0 Å². The van der Waals surface area contributed by atoms with Crippen LogP contribution in [0.3, 0.4) is 0 Å². The van der Waals surface area contributed by atoms with E-state index in [-0.39, 0.29) is 13.2 Å². The topological polar surface area (TPSA) is 52.6 Å². The Morgan fingerprint density at radius 1 is 1.20 bits per heavy atom. The molecule has 0 aliphatic rings. The molecule has 0 heterocycles. The summed E-state index contributed by atoms with van der Waals surface area (Å²) in [5.74, 6) is -2.51. The van der Waals surface area contributed by atoms with Gasteiger partial charge in [0.05, 0.1) is 13.2 Å². The minimum atomic E-state index is -1.17. The maximum absolute atomic E-state index is 11.9. The second kappa shape index (κ2) is 7.70. The van der Waals surface area contributed by atoms with Gasteiger partial charge in [0, 0.05) is 5.02 Å². The minimum Gasteiger partial charge on any atom is -0.465 e. The Bertz CT molecular complexity index is 492. The number of ether oxygens (including phenoxy) is 2. The highest BCUT2D eigenvalue weighted by Gasteiger charge is 2.33. The fraction of sp³-hybridized carbons (Fsp3) is 0.333. The van der Waals surface area contributed by atoms with Crippen molar-refractivity contribution in [1.82, 2.24) is 0 Å². The second-order valence-corrected chi connectivity index (χ2v) is 4.41. The van der Waals surface area contributed by atoms with Crippen molar-refractivity contribution in [2.75, 3.05) is 13.2 Å². The molecule has 0 radical (unpaired) electrons. The summed E-state index contributed by atoms with van der Waals surface area (Å²) in [5.41, 5.74) is 0.910. The van der Waals surface area contributed by atoms with E-state index in [1.165, 1.54) is 0 Å². The first-order chi connectivity index (χ1) is 9.51. The summed E-state index contributed by atoms with van der Waals surface area (Å²) in [6.07, 6.45) is 0. The Balaban J connectivity index is 3.06. The largest absolute Gasteiger partial charge is 0.465 e. The van der Waals surface area contributed by atoms with E-state index in [0.717, 1.165) is 0 Å². The van der Waals surface area contributed by atoms with Crippen molar-refractivity contribution >= 4 is 29.1 Å². The Hall–Kier alpha value is -1.81. The molecule has 4 nitrogen and oxygen atoms in total. The molecule has 0 aromatic heterocycles. The fourth-order valence-electron chi connectivity index (χ4n) is 1.69. The Kier molecular flexibility index (Phi) is 6.25. The molecule has 0 amide bonds. The summed E-state index contributed by atoms with van der Waals surface area (Å²) in [5, 5.41) is 0.495. The molecule has 0 aliphatic heterocycles. The number of carbonyl (C=O) groups is 2. The molecule has 1 rings (SSSR count). The average Bonchev–Trinajstić information content (AvgIpc) is 2.39. The number of carbonyl (C=O) groups excluding carboxylic acids is 2. The van der Waals surface area contributed by atoms with Crippen LogP contribution in [0.1, 0.15) is 19.4 Å². The molecule has 5 heteroatoms. The third kappa shape index (κ3) is 4.10. The first-order valence-electron chi connectivity index (χ1n) is 6.29. The average molecular weight is 297 g/mol. The van der Waals surface area contributed by atoms with E-state index >= 15 is 0 Å². The van der Waals surface area contributed by atoms with Crippen molar-refractivity contribution in [3.8, 4) is 0 Å². The van der Waals surface area contributed by atoms with E-state index in [9.17, 15) is 9.59 Å². The lowest BCUT2D eigenvalue weighted by Crippen LogP contribution is -2.29. The van der Waals surface area contributed by atoms with Crippen LogP contribution in [0.5, 0.6) is 0 Å². The molecule has 0 unspecified atom stereocenters. The van der Waals surface area contributed by atoms with Crippen LogP contribution < -0.4 is 0 Å². The molecular formula is C15H17ClO4. The SMILES string of the molecule is C=C(c1cccc(Cl)c1)C(C(=O)OCC)C(=O)OCC. The summed E-state index contributed by atoms with van der Waals surface area (Å²) in [4.78, 5) is 23.9. The molecule has 0 aliphatic carbocycles. The second-order valence-electron chi connectivity index (χ2n) is 3.97. The Labute approximate surface area is 123 Å². The minimum absolute atomic E-state index is 0.178. The van der Waals surface area contributed by atoms with Gasteiger partial charge in [0.2, 0.25) is 0 Å². The molecule has 0 atom stereocenters. The van der Waals surface area contributed by atoms with Crippen molar-refractivity contribution in [2.45, 2.75) is 13.8 Å². The van der Waals surface area contributed by atoms with Gasteiger partial charge in [0.1, 0.15) is 0 Å². The van der Waals surface area contributed by atoms with Gasteiger partial charge in [-0.2, -0.15) is 0 Å². The first kappa shape index (κ1) is 16.2. The van der Waals surface area contributed by atoms with Crippen molar-refractivity contribution in [3.63, 3.8) is 0 Å². The van der Waals surface area contributed by atoms with Gasteiger partial charge < -0.3 is 9.47 Å².